The lowest BCUT2D eigenvalue weighted by Gasteiger charge is -2.30. The largest absolute Gasteiger partial charge is 0.388 e. The number of ether oxygens (including phenoxy) is 1. The van der Waals surface area contributed by atoms with E-state index in [1.54, 1.807) is 0 Å². The molecule has 2 rings (SSSR count). The molecule has 13 heavy (non-hydrogen) atoms. The molecule has 1 aromatic carbocycles. The fraction of sp³-hybridized carbons (Fsp3) is 0.400. The van der Waals surface area contributed by atoms with Crippen LogP contribution >= 0.6 is 15.9 Å². The first-order valence-corrected chi connectivity index (χ1v) is 5.08. The van der Waals surface area contributed by atoms with Crippen LogP contribution in [-0.2, 0) is 4.74 Å². The highest BCUT2D eigenvalue weighted by Gasteiger charge is 2.27. The molecule has 1 saturated heterocycles. The zero-order chi connectivity index (χ0) is 9.26. The monoisotopic (exact) mass is 242 g/mol. The predicted octanol–water partition coefficient (Wildman–Crippen LogP) is 2.13. The van der Waals surface area contributed by atoms with Gasteiger partial charge in [0, 0.05) is 10.4 Å². The predicted molar refractivity (Wildman–Crippen MR) is 53.4 cm³/mol. The van der Waals surface area contributed by atoms with Gasteiger partial charge in [0.1, 0.15) is 0 Å². The molecule has 2 nitrogen and oxygen atoms in total. The van der Waals surface area contributed by atoms with Gasteiger partial charge in [0.25, 0.3) is 0 Å². The van der Waals surface area contributed by atoms with Gasteiger partial charge in [0.15, 0.2) is 0 Å². The van der Waals surface area contributed by atoms with Crippen molar-refractivity contribution in [3.63, 3.8) is 0 Å². The lowest BCUT2D eigenvalue weighted by molar-refractivity contribution is -0.0924. The summed E-state index contributed by atoms with van der Waals surface area (Å²) in [5, 5.41) is 9.86. The Kier molecular flexibility index (Phi) is 2.67. The second kappa shape index (κ2) is 3.78. The van der Waals surface area contributed by atoms with E-state index in [9.17, 15) is 5.11 Å². The molecule has 0 spiro atoms. The molecule has 1 aliphatic heterocycles. The van der Waals surface area contributed by atoms with E-state index < -0.39 is 0 Å². The van der Waals surface area contributed by atoms with Crippen molar-refractivity contribution in [1.29, 1.82) is 0 Å². The minimum Gasteiger partial charge on any atom is -0.388 e. The van der Waals surface area contributed by atoms with Gasteiger partial charge in [-0.2, -0.15) is 0 Å². The smallest absolute Gasteiger partial charge is 0.0862 e. The summed E-state index contributed by atoms with van der Waals surface area (Å²) in [4.78, 5) is 0. The zero-order valence-corrected chi connectivity index (χ0v) is 8.70. The van der Waals surface area contributed by atoms with Gasteiger partial charge < -0.3 is 9.84 Å². The summed E-state index contributed by atoms with van der Waals surface area (Å²) >= 11 is 3.38. The molecule has 0 aliphatic carbocycles. The van der Waals surface area contributed by atoms with Crippen LogP contribution in [-0.4, -0.2) is 18.3 Å². The molecule has 1 atom stereocenters. The summed E-state index contributed by atoms with van der Waals surface area (Å²) in [6.45, 7) is 1.35. The number of hydrogen-bond donors (Lipinski definition) is 1. The van der Waals surface area contributed by atoms with Gasteiger partial charge in [-0.25, -0.2) is 0 Å². The van der Waals surface area contributed by atoms with Crippen molar-refractivity contribution in [1.82, 2.24) is 0 Å². The summed E-state index contributed by atoms with van der Waals surface area (Å²) in [5.74, 6) is 0.272. The van der Waals surface area contributed by atoms with Gasteiger partial charge in [0.05, 0.1) is 19.3 Å². The van der Waals surface area contributed by atoms with E-state index in [-0.39, 0.29) is 12.0 Å². The molecule has 1 aromatic rings. The van der Waals surface area contributed by atoms with Crippen LogP contribution in [0.3, 0.4) is 0 Å². The zero-order valence-electron chi connectivity index (χ0n) is 7.11. The van der Waals surface area contributed by atoms with Gasteiger partial charge in [-0.1, -0.05) is 28.1 Å². The average molecular weight is 243 g/mol. The molecule has 1 N–H and O–H groups in total. The molecular weight excluding hydrogens is 232 g/mol. The molecule has 1 unspecified atom stereocenters. The number of halogens is 1. The van der Waals surface area contributed by atoms with Crippen LogP contribution in [0.4, 0.5) is 0 Å². The van der Waals surface area contributed by atoms with E-state index in [0.717, 1.165) is 10.0 Å². The van der Waals surface area contributed by atoms with Gasteiger partial charge in [0.2, 0.25) is 0 Å². The van der Waals surface area contributed by atoms with Crippen molar-refractivity contribution in [3.8, 4) is 0 Å². The summed E-state index contributed by atoms with van der Waals surface area (Å²) < 4.78 is 6.04. The minimum atomic E-state index is -0.383. The SMILES string of the molecule is OC(c1cccc(Br)c1)C1COC1. The quantitative estimate of drug-likeness (QED) is 0.862. The maximum absolute atomic E-state index is 9.86. The highest BCUT2D eigenvalue weighted by atomic mass is 79.9. The van der Waals surface area contributed by atoms with Crippen molar-refractivity contribution >= 4 is 15.9 Å². The standard InChI is InChI=1S/C10H11BrO2/c11-9-3-1-2-7(4-9)10(12)8-5-13-6-8/h1-4,8,10,12H,5-6H2. The molecule has 1 heterocycles. The molecule has 1 fully saturated rings. The molecule has 0 bridgehead atoms. The first-order valence-electron chi connectivity index (χ1n) is 4.28. The topological polar surface area (TPSA) is 29.5 Å². The van der Waals surface area contributed by atoms with E-state index in [1.165, 1.54) is 0 Å². The van der Waals surface area contributed by atoms with Crippen LogP contribution < -0.4 is 0 Å². The number of rotatable bonds is 2. The van der Waals surface area contributed by atoms with Crippen LogP contribution in [0.15, 0.2) is 28.7 Å². The average Bonchev–Trinajstić information content (AvgIpc) is 2.01. The van der Waals surface area contributed by atoms with Gasteiger partial charge in [-0.3, -0.25) is 0 Å². The molecular formula is C10H11BrO2. The Balaban J connectivity index is 2.14. The third-order valence-electron chi connectivity index (χ3n) is 2.30. The molecule has 0 aromatic heterocycles. The van der Waals surface area contributed by atoms with Crippen LogP contribution in [0.5, 0.6) is 0 Å². The summed E-state index contributed by atoms with van der Waals surface area (Å²) in [5.41, 5.74) is 0.961. The Morgan fingerprint density at radius 1 is 1.46 bits per heavy atom. The number of hydrogen-bond acceptors (Lipinski definition) is 2. The summed E-state index contributed by atoms with van der Waals surface area (Å²) in [6, 6.07) is 7.77. The van der Waals surface area contributed by atoms with E-state index in [1.807, 2.05) is 24.3 Å². The third-order valence-corrected chi connectivity index (χ3v) is 2.79. The maximum atomic E-state index is 9.86. The Labute approximate surface area is 85.7 Å². The number of aliphatic hydroxyl groups excluding tert-OH is 1. The van der Waals surface area contributed by atoms with Crippen LogP contribution in [0.2, 0.25) is 0 Å². The van der Waals surface area contributed by atoms with Crippen molar-refractivity contribution in [2.75, 3.05) is 13.2 Å². The summed E-state index contributed by atoms with van der Waals surface area (Å²) in [7, 11) is 0. The molecule has 0 amide bonds. The number of aliphatic hydroxyl groups is 1. The van der Waals surface area contributed by atoms with E-state index in [0.29, 0.717) is 13.2 Å². The van der Waals surface area contributed by atoms with E-state index in [4.69, 9.17) is 4.74 Å². The van der Waals surface area contributed by atoms with E-state index >= 15 is 0 Å². The Morgan fingerprint density at radius 3 is 2.77 bits per heavy atom. The normalized spacial score (nSPS) is 19.5. The van der Waals surface area contributed by atoms with Crippen molar-refractivity contribution in [2.24, 2.45) is 5.92 Å². The fourth-order valence-corrected chi connectivity index (χ4v) is 1.82. The van der Waals surface area contributed by atoms with Crippen LogP contribution in [0.1, 0.15) is 11.7 Å². The Morgan fingerprint density at radius 2 is 2.23 bits per heavy atom. The summed E-state index contributed by atoms with van der Waals surface area (Å²) in [6.07, 6.45) is -0.383. The van der Waals surface area contributed by atoms with Crippen LogP contribution in [0.25, 0.3) is 0 Å². The van der Waals surface area contributed by atoms with Gasteiger partial charge in [-0.05, 0) is 17.7 Å². The molecule has 0 radical (unpaired) electrons. The lowest BCUT2D eigenvalue weighted by atomic mass is 9.94. The fourth-order valence-electron chi connectivity index (χ4n) is 1.40. The van der Waals surface area contributed by atoms with Crippen molar-refractivity contribution in [2.45, 2.75) is 6.10 Å². The highest BCUT2D eigenvalue weighted by Crippen LogP contribution is 2.28. The maximum Gasteiger partial charge on any atom is 0.0862 e. The van der Waals surface area contributed by atoms with Gasteiger partial charge >= 0.3 is 0 Å². The molecule has 0 saturated carbocycles. The first-order chi connectivity index (χ1) is 6.27. The second-order valence-corrected chi connectivity index (χ2v) is 4.21. The second-order valence-electron chi connectivity index (χ2n) is 3.30. The van der Waals surface area contributed by atoms with E-state index in [2.05, 4.69) is 15.9 Å². The van der Waals surface area contributed by atoms with Crippen molar-refractivity contribution < 1.29 is 9.84 Å². The molecule has 3 heteroatoms. The van der Waals surface area contributed by atoms with Crippen molar-refractivity contribution in [3.05, 3.63) is 34.3 Å². The third kappa shape index (κ3) is 1.93. The molecule has 70 valence electrons. The van der Waals surface area contributed by atoms with Gasteiger partial charge in [-0.15, -0.1) is 0 Å². The highest BCUT2D eigenvalue weighted by molar-refractivity contribution is 9.10. The first kappa shape index (κ1) is 9.19. The Bertz CT molecular complexity index is 297. The number of benzene rings is 1. The van der Waals surface area contributed by atoms with Crippen LogP contribution in [0, 0.1) is 5.92 Å². The lowest BCUT2D eigenvalue weighted by Crippen LogP contribution is -2.33. The molecule has 1 aliphatic rings. The minimum absolute atomic E-state index is 0.272. The Hall–Kier alpha value is -0.380.